The molecule has 0 bridgehead atoms. The highest BCUT2D eigenvalue weighted by Crippen LogP contribution is 2.44. The number of ether oxygens (including phenoxy) is 1. The van der Waals surface area contributed by atoms with Crippen molar-refractivity contribution >= 4 is 5.91 Å². The fourth-order valence-corrected chi connectivity index (χ4v) is 3.66. The van der Waals surface area contributed by atoms with E-state index < -0.39 is 6.04 Å². The zero-order chi connectivity index (χ0) is 19.7. The van der Waals surface area contributed by atoms with E-state index in [1.165, 1.54) is 6.33 Å². The highest BCUT2D eigenvalue weighted by Gasteiger charge is 2.50. The molecule has 0 N–H and O–H groups in total. The lowest BCUT2D eigenvalue weighted by Crippen LogP contribution is -2.55. The van der Waals surface area contributed by atoms with E-state index in [9.17, 15) is 4.79 Å². The van der Waals surface area contributed by atoms with Gasteiger partial charge in [-0.2, -0.15) is 0 Å². The van der Waals surface area contributed by atoms with Gasteiger partial charge in [0.25, 0.3) is 5.91 Å². The lowest BCUT2D eigenvalue weighted by Gasteiger charge is -2.47. The number of rotatable bonds is 6. The number of tetrazole rings is 1. The third kappa shape index (κ3) is 3.47. The zero-order valence-electron chi connectivity index (χ0n) is 16.2. The van der Waals surface area contributed by atoms with Gasteiger partial charge in [-0.15, -0.1) is 5.10 Å². The van der Waals surface area contributed by atoms with Crippen molar-refractivity contribution < 1.29 is 9.53 Å². The predicted molar refractivity (Wildman–Crippen MR) is 104 cm³/mol. The quantitative estimate of drug-likeness (QED) is 0.617. The number of carbonyl (C=O) groups is 1. The molecule has 2 atom stereocenters. The molecule has 2 aromatic carbocycles. The molecule has 28 heavy (non-hydrogen) atoms. The van der Waals surface area contributed by atoms with Gasteiger partial charge < -0.3 is 9.64 Å². The Morgan fingerprint density at radius 2 is 1.93 bits per heavy atom. The van der Waals surface area contributed by atoms with Gasteiger partial charge in [-0.1, -0.05) is 42.0 Å². The molecule has 0 spiro atoms. The largest absolute Gasteiger partial charge is 0.491 e. The Kier molecular flexibility index (Phi) is 4.81. The first-order valence-corrected chi connectivity index (χ1v) is 9.38. The summed E-state index contributed by atoms with van der Waals surface area (Å²) in [5.41, 5.74) is 3.26. The molecule has 2 heterocycles. The van der Waals surface area contributed by atoms with Gasteiger partial charge in [0.1, 0.15) is 12.1 Å². The van der Waals surface area contributed by atoms with Gasteiger partial charge in [-0.25, -0.2) is 4.68 Å². The second-order valence-corrected chi connectivity index (χ2v) is 7.37. The number of amides is 1. The van der Waals surface area contributed by atoms with Crippen LogP contribution in [-0.4, -0.2) is 37.1 Å². The second kappa shape index (κ2) is 7.42. The molecule has 144 valence electrons. The molecular formula is C21H23N5O2. The molecule has 1 saturated heterocycles. The molecule has 0 radical (unpaired) electrons. The molecular weight excluding hydrogens is 354 g/mol. The molecule has 1 fully saturated rings. The first-order chi connectivity index (χ1) is 13.5. The molecule has 1 aliphatic rings. The maximum atomic E-state index is 13.0. The summed E-state index contributed by atoms with van der Waals surface area (Å²) >= 11 is 0. The van der Waals surface area contributed by atoms with Gasteiger partial charge >= 0.3 is 0 Å². The fraction of sp³-hybridized carbons (Fsp3) is 0.333. The number of benzene rings is 2. The van der Waals surface area contributed by atoms with Gasteiger partial charge in [-0.05, 0) is 54.5 Å². The Morgan fingerprint density at radius 3 is 2.64 bits per heavy atom. The number of aromatic nitrogens is 4. The summed E-state index contributed by atoms with van der Waals surface area (Å²) in [6.45, 7) is 6.55. The number of hydrogen-bond donors (Lipinski definition) is 0. The summed E-state index contributed by atoms with van der Waals surface area (Å²) in [6.07, 6.45) is 1.60. The molecule has 0 saturated carbocycles. The summed E-state index contributed by atoms with van der Waals surface area (Å²) in [4.78, 5) is 14.8. The van der Waals surface area contributed by atoms with Crippen molar-refractivity contribution in [2.24, 2.45) is 0 Å². The first kappa shape index (κ1) is 18.2. The summed E-state index contributed by atoms with van der Waals surface area (Å²) in [7, 11) is 0. The zero-order valence-corrected chi connectivity index (χ0v) is 16.2. The molecule has 1 aromatic heterocycles. The number of β-lactam (4-membered cyclic amide) rings is 1. The molecule has 4 rings (SSSR count). The minimum absolute atomic E-state index is 0.00832. The third-order valence-electron chi connectivity index (χ3n) is 4.83. The summed E-state index contributed by atoms with van der Waals surface area (Å²) in [6, 6.07) is 15.6. The van der Waals surface area contributed by atoms with E-state index in [-0.39, 0.29) is 18.1 Å². The van der Waals surface area contributed by atoms with Crippen LogP contribution < -0.4 is 4.74 Å². The predicted octanol–water partition coefficient (Wildman–Crippen LogP) is 3.09. The van der Waals surface area contributed by atoms with Gasteiger partial charge in [0.15, 0.2) is 6.04 Å². The molecule has 7 heteroatoms. The van der Waals surface area contributed by atoms with Crippen molar-refractivity contribution in [1.82, 2.24) is 25.1 Å². The smallest absolute Gasteiger partial charge is 0.251 e. The van der Waals surface area contributed by atoms with E-state index in [0.29, 0.717) is 6.54 Å². The average Bonchev–Trinajstić information content (AvgIpc) is 3.17. The van der Waals surface area contributed by atoms with Crippen LogP contribution in [0.3, 0.4) is 0 Å². The fourth-order valence-electron chi connectivity index (χ4n) is 3.66. The number of aryl methyl sites for hydroxylation is 1. The van der Waals surface area contributed by atoms with Crippen LogP contribution in [0.1, 0.15) is 42.6 Å². The molecule has 0 aliphatic carbocycles. The maximum Gasteiger partial charge on any atom is 0.251 e. The van der Waals surface area contributed by atoms with E-state index >= 15 is 0 Å². The van der Waals surface area contributed by atoms with E-state index in [2.05, 4.69) is 21.6 Å². The Balaban J connectivity index is 1.63. The Morgan fingerprint density at radius 1 is 1.11 bits per heavy atom. The van der Waals surface area contributed by atoms with E-state index in [1.807, 2.05) is 68.1 Å². The van der Waals surface area contributed by atoms with E-state index in [1.54, 1.807) is 4.68 Å². The standard InChI is InChI=1S/C21H23N5O2/c1-14(2)28-18-9-5-7-16(11-18)12-25-19(17-8-4-6-15(3)10-17)20(21(25)27)26-13-22-23-24-26/h4-11,13-14,19-20H,12H2,1-3H3. The SMILES string of the molecule is Cc1cccc(C2C(n3cnnn3)C(=O)N2Cc2cccc(OC(C)C)c2)c1. The van der Waals surface area contributed by atoms with Crippen LogP contribution >= 0.6 is 0 Å². The van der Waals surface area contributed by atoms with Crippen LogP contribution in [0.2, 0.25) is 0 Å². The minimum Gasteiger partial charge on any atom is -0.491 e. The van der Waals surface area contributed by atoms with Gasteiger partial charge in [0, 0.05) is 6.54 Å². The Labute approximate surface area is 163 Å². The molecule has 1 aliphatic heterocycles. The van der Waals surface area contributed by atoms with Crippen molar-refractivity contribution in [2.75, 3.05) is 0 Å². The van der Waals surface area contributed by atoms with Crippen LogP contribution in [0, 0.1) is 6.92 Å². The van der Waals surface area contributed by atoms with Crippen molar-refractivity contribution in [2.45, 2.75) is 45.5 Å². The Bertz CT molecular complexity index is 970. The minimum atomic E-state index is -0.424. The summed E-state index contributed by atoms with van der Waals surface area (Å²) in [5, 5.41) is 11.4. The lowest BCUT2D eigenvalue weighted by atomic mass is 9.87. The van der Waals surface area contributed by atoms with Gasteiger partial charge in [-0.3, -0.25) is 4.79 Å². The maximum absolute atomic E-state index is 13.0. The summed E-state index contributed by atoms with van der Waals surface area (Å²) in [5.74, 6) is 0.818. The lowest BCUT2D eigenvalue weighted by molar-refractivity contribution is -0.157. The molecule has 3 aromatic rings. The van der Waals surface area contributed by atoms with Crippen LogP contribution in [0.4, 0.5) is 0 Å². The van der Waals surface area contributed by atoms with Crippen molar-refractivity contribution in [3.63, 3.8) is 0 Å². The molecule has 2 unspecified atom stereocenters. The van der Waals surface area contributed by atoms with Crippen molar-refractivity contribution in [1.29, 1.82) is 0 Å². The number of likely N-dealkylation sites (tertiary alicyclic amines) is 1. The summed E-state index contributed by atoms with van der Waals surface area (Å²) < 4.78 is 7.33. The van der Waals surface area contributed by atoms with Crippen LogP contribution in [0.15, 0.2) is 54.9 Å². The monoisotopic (exact) mass is 377 g/mol. The number of carbonyl (C=O) groups excluding carboxylic acids is 1. The third-order valence-corrected chi connectivity index (χ3v) is 4.83. The first-order valence-electron chi connectivity index (χ1n) is 9.38. The van der Waals surface area contributed by atoms with E-state index in [0.717, 1.165) is 22.4 Å². The van der Waals surface area contributed by atoms with Crippen LogP contribution in [0.5, 0.6) is 5.75 Å². The normalized spacial score (nSPS) is 19.0. The Hall–Kier alpha value is -3.22. The van der Waals surface area contributed by atoms with Crippen molar-refractivity contribution in [3.05, 3.63) is 71.5 Å². The van der Waals surface area contributed by atoms with Gasteiger partial charge in [0.05, 0.1) is 12.1 Å². The average molecular weight is 377 g/mol. The van der Waals surface area contributed by atoms with Gasteiger partial charge in [0.2, 0.25) is 0 Å². The van der Waals surface area contributed by atoms with Crippen LogP contribution in [0.25, 0.3) is 0 Å². The van der Waals surface area contributed by atoms with Crippen molar-refractivity contribution in [3.8, 4) is 5.75 Å². The number of hydrogen-bond acceptors (Lipinski definition) is 5. The topological polar surface area (TPSA) is 73.1 Å². The molecule has 1 amide bonds. The number of nitrogens with zero attached hydrogens (tertiary/aromatic N) is 5. The second-order valence-electron chi connectivity index (χ2n) is 7.37. The van der Waals surface area contributed by atoms with Crippen LogP contribution in [-0.2, 0) is 11.3 Å². The highest BCUT2D eigenvalue weighted by molar-refractivity contribution is 5.88. The van der Waals surface area contributed by atoms with E-state index in [4.69, 9.17) is 4.74 Å². The highest BCUT2D eigenvalue weighted by atomic mass is 16.5. The molecule has 7 nitrogen and oxygen atoms in total.